The lowest BCUT2D eigenvalue weighted by Crippen LogP contribution is -2.41. The molecule has 0 aliphatic heterocycles. The Hall–Kier alpha value is -1.23. The third-order valence-electron chi connectivity index (χ3n) is 3.11. The summed E-state index contributed by atoms with van der Waals surface area (Å²) in [5, 5.41) is 3.15. The van der Waals surface area contributed by atoms with Crippen LogP contribution < -0.4 is 10.1 Å². The molecule has 0 saturated heterocycles. The van der Waals surface area contributed by atoms with Gasteiger partial charge >= 0.3 is 6.18 Å². The maximum absolute atomic E-state index is 12.0. The largest absolute Gasteiger partial charge is 0.492 e. The Bertz CT molecular complexity index is 502. The fraction of sp³-hybridized carbons (Fsp3) is 0.588. The number of hydrogen-bond donors (Lipinski definition) is 1. The first-order valence-electron chi connectivity index (χ1n) is 8.24. The molecule has 0 amide bonds. The van der Waals surface area contributed by atoms with Gasteiger partial charge < -0.3 is 19.7 Å². The molecule has 0 atom stereocenters. The zero-order valence-corrected chi connectivity index (χ0v) is 17.4. The quantitative estimate of drug-likeness (QED) is 0.237. The second-order valence-electron chi connectivity index (χ2n) is 5.34. The molecule has 1 aromatic carbocycles. The van der Waals surface area contributed by atoms with E-state index >= 15 is 0 Å². The fourth-order valence-corrected chi connectivity index (χ4v) is 1.93. The van der Waals surface area contributed by atoms with E-state index in [1.165, 1.54) is 0 Å². The Kier molecular flexibility index (Phi) is 13.2. The van der Waals surface area contributed by atoms with Gasteiger partial charge in [0, 0.05) is 26.7 Å². The highest BCUT2D eigenvalue weighted by Gasteiger charge is 2.27. The molecule has 0 heterocycles. The van der Waals surface area contributed by atoms with Crippen LogP contribution in [0.4, 0.5) is 13.2 Å². The van der Waals surface area contributed by atoms with Crippen LogP contribution in [0, 0.1) is 0 Å². The van der Waals surface area contributed by atoms with Crippen LogP contribution in [0.15, 0.2) is 35.3 Å². The number of guanidine groups is 1. The average Bonchev–Trinajstić information content (AvgIpc) is 2.57. The molecule has 0 aliphatic carbocycles. The van der Waals surface area contributed by atoms with Crippen molar-refractivity contribution in [3.63, 3.8) is 0 Å². The van der Waals surface area contributed by atoms with E-state index in [1.807, 2.05) is 49.2 Å². The van der Waals surface area contributed by atoms with Crippen LogP contribution in [0.5, 0.6) is 5.75 Å². The van der Waals surface area contributed by atoms with E-state index in [0.717, 1.165) is 5.75 Å². The maximum atomic E-state index is 12.0. The molecule has 26 heavy (non-hydrogen) atoms. The molecule has 0 bridgehead atoms. The smallest absolute Gasteiger partial charge is 0.411 e. The number of ether oxygens (including phenoxy) is 2. The summed E-state index contributed by atoms with van der Waals surface area (Å²) in [4.78, 5) is 6.31. The SMILES string of the molecule is CCNC(=NCCCOCC(F)(F)F)N(C)CCOc1ccccc1.I. The Morgan fingerprint density at radius 3 is 2.50 bits per heavy atom. The summed E-state index contributed by atoms with van der Waals surface area (Å²) in [6, 6.07) is 9.52. The molecule has 150 valence electrons. The van der Waals surface area contributed by atoms with E-state index in [2.05, 4.69) is 15.0 Å². The third kappa shape index (κ3) is 12.2. The van der Waals surface area contributed by atoms with Crippen molar-refractivity contribution in [3.8, 4) is 5.75 Å². The first kappa shape index (κ1) is 24.8. The summed E-state index contributed by atoms with van der Waals surface area (Å²) in [6.45, 7) is 3.00. The van der Waals surface area contributed by atoms with Crippen molar-refractivity contribution in [3.05, 3.63) is 30.3 Å². The van der Waals surface area contributed by atoms with E-state index < -0.39 is 12.8 Å². The summed E-state index contributed by atoms with van der Waals surface area (Å²) < 4.78 is 46.1. The van der Waals surface area contributed by atoms with Crippen molar-refractivity contribution in [2.75, 3.05) is 46.5 Å². The van der Waals surface area contributed by atoms with Crippen LogP contribution in [0.2, 0.25) is 0 Å². The predicted octanol–water partition coefficient (Wildman–Crippen LogP) is 3.55. The molecule has 0 aliphatic rings. The van der Waals surface area contributed by atoms with Crippen molar-refractivity contribution in [2.45, 2.75) is 19.5 Å². The minimum Gasteiger partial charge on any atom is -0.492 e. The Morgan fingerprint density at radius 2 is 1.88 bits per heavy atom. The van der Waals surface area contributed by atoms with Gasteiger partial charge in [-0.05, 0) is 25.5 Å². The van der Waals surface area contributed by atoms with Gasteiger partial charge in [-0.1, -0.05) is 18.2 Å². The standard InChI is InChI=1S/C17H26F3N3O2.HI/c1-3-21-16(22-10-7-12-24-14-17(18,19)20)23(2)11-13-25-15-8-5-4-6-9-15;/h4-6,8-9H,3,7,10-14H2,1-2H3,(H,21,22);1H. The van der Waals surface area contributed by atoms with Crippen LogP contribution in [0.1, 0.15) is 13.3 Å². The Balaban J connectivity index is 0.00000625. The van der Waals surface area contributed by atoms with Gasteiger partial charge in [0.25, 0.3) is 0 Å². The summed E-state index contributed by atoms with van der Waals surface area (Å²) in [6.07, 6.45) is -3.85. The van der Waals surface area contributed by atoms with Gasteiger partial charge in [0.15, 0.2) is 5.96 Å². The first-order valence-corrected chi connectivity index (χ1v) is 8.24. The monoisotopic (exact) mass is 489 g/mol. The molecule has 1 aromatic rings. The second-order valence-corrected chi connectivity index (χ2v) is 5.34. The van der Waals surface area contributed by atoms with E-state index in [0.29, 0.717) is 38.6 Å². The van der Waals surface area contributed by atoms with E-state index in [1.54, 1.807) is 0 Å². The van der Waals surface area contributed by atoms with Gasteiger partial charge in [-0.3, -0.25) is 4.99 Å². The summed E-state index contributed by atoms with van der Waals surface area (Å²) >= 11 is 0. The van der Waals surface area contributed by atoms with E-state index in [9.17, 15) is 13.2 Å². The topological polar surface area (TPSA) is 46.1 Å². The molecule has 1 N–H and O–H groups in total. The van der Waals surface area contributed by atoms with Gasteiger partial charge in [0.05, 0.1) is 6.54 Å². The van der Waals surface area contributed by atoms with Gasteiger partial charge in [-0.2, -0.15) is 13.2 Å². The van der Waals surface area contributed by atoms with Gasteiger partial charge in [0.1, 0.15) is 19.0 Å². The van der Waals surface area contributed by atoms with E-state index in [-0.39, 0.29) is 30.6 Å². The molecule has 0 fully saturated rings. The maximum Gasteiger partial charge on any atom is 0.411 e. The van der Waals surface area contributed by atoms with Gasteiger partial charge in [-0.25, -0.2) is 0 Å². The molecular formula is C17H27F3IN3O2. The van der Waals surface area contributed by atoms with E-state index in [4.69, 9.17) is 4.74 Å². The number of rotatable bonds is 10. The van der Waals surface area contributed by atoms with Crippen LogP contribution >= 0.6 is 24.0 Å². The number of para-hydroxylation sites is 1. The molecule has 1 rings (SSSR count). The zero-order valence-electron chi connectivity index (χ0n) is 15.1. The number of hydrogen-bond acceptors (Lipinski definition) is 3. The van der Waals surface area contributed by atoms with Crippen molar-refractivity contribution in [2.24, 2.45) is 4.99 Å². The van der Waals surface area contributed by atoms with Crippen LogP contribution in [0.3, 0.4) is 0 Å². The number of halogens is 4. The third-order valence-corrected chi connectivity index (χ3v) is 3.11. The highest BCUT2D eigenvalue weighted by Crippen LogP contribution is 2.14. The molecular weight excluding hydrogens is 462 g/mol. The van der Waals surface area contributed by atoms with Crippen molar-refractivity contribution in [1.29, 1.82) is 0 Å². The van der Waals surface area contributed by atoms with Crippen LogP contribution in [-0.2, 0) is 4.74 Å². The normalized spacial score (nSPS) is 11.7. The summed E-state index contributed by atoms with van der Waals surface area (Å²) in [5.41, 5.74) is 0. The minimum atomic E-state index is -4.28. The lowest BCUT2D eigenvalue weighted by molar-refractivity contribution is -0.173. The molecule has 0 aromatic heterocycles. The van der Waals surface area contributed by atoms with Gasteiger partial charge in [0.2, 0.25) is 0 Å². The highest BCUT2D eigenvalue weighted by atomic mass is 127. The lowest BCUT2D eigenvalue weighted by Gasteiger charge is -2.22. The molecule has 5 nitrogen and oxygen atoms in total. The number of aliphatic imine (C=N–C) groups is 1. The molecule has 9 heteroatoms. The molecule has 0 spiro atoms. The van der Waals surface area contributed by atoms with Crippen molar-refractivity contribution < 1.29 is 22.6 Å². The average molecular weight is 489 g/mol. The van der Waals surface area contributed by atoms with Crippen molar-refractivity contribution >= 4 is 29.9 Å². The highest BCUT2D eigenvalue weighted by molar-refractivity contribution is 14.0. The molecule has 0 saturated carbocycles. The lowest BCUT2D eigenvalue weighted by atomic mass is 10.3. The second kappa shape index (κ2) is 13.9. The number of nitrogens with zero attached hydrogens (tertiary/aromatic N) is 2. The fourth-order valence-electron chi connectivity index (χ4n) is 1.93. The first-order chi connectivity index (χ1) is 11.9. The zero-order chi connectivity index (χ0) is 18.5. The summed E-state index contributed by atoms with van der Waals surface area (Å²) in [5.74, 6) is 1.50. The van der Waals surface area contributed by atoms with Crippen LogP contribution in [0.25, 0.3) is 0 Å². The number of nitrogens with one attached hydrogen (secondary N) is 1. The number of benzene rings is 1. The Morgan fingerprint density at radius 1 is 1.19 bits per heavy atom. The molecule has 0 unspecified atom stereocenters. The van der Waals surface area contributed by atoms with Crippen LogP contribution in [-0.4, -0.2) is 63.5 Å². The number of alkyl halides is 3. The molecule has 0 radical (unpaired) electrons. The predicted molar refractivity (Wildman–Crippen MR) is 107 cm³/mol. The summed E-state index contributed by atoms with van der Waals surface area (Å²) in [7, 11) is 1.88. The van der Waals surface area contributed by atoms with Crippen molar-refractivity contribution in [1.82, 2.24) is 10.2 Å². The minimum absolute atomic E-state index is 0. The number of likely N-dealkylation sites (N-methyl/N-ethyl adjacent to an activating group) is 1. The Labute approximate surface area is 170 Å². The van der Waals surface area contributed by atoms with Gasteiger partial charge in [-0.15, -0.1) is 24.0 Å².